The molecule has 0 aliphatic rings. The maximum atomic E-state index is 10.2. The molecule has 0 aromatic carbocycles. The van der Waals surface area contributed by atoms with E-state index < -0.39 is 5.97 Å². The Hall–Kier alpha value is -1.42. The lowest BCUT2D eigenvalue weighted by atomic mass is 10.4. The van der Waals surface area contributed by atoms with Gasteiger partial charge < -0.3 is 5.11 Å². The topological polar surface area (TPSA) is 54.4 Å². The smallest absolute Gasteiger partial charge is 0.328 e. The van der Waals surface area contributed by atoms with E-state index in [-0.39, 0.29) is 0 Å². The summed E-state index contributed by atoms with van der Waals surface area (Å²) in [4.78, 5) is 21.7. The Morgan fingerprint density at radius 1 is 1.42 bits per heavy atom. The van der Waals surface area contributed by atoms with Gasteiger partial charge in [-0.25, -0.2) is 4.79 Å². The second kappa shape index (κ2) is 3.82. The highest BCUT2D eigenvalue weighted by atomic mass is 32.1. The summed E-state index contributed by atoms with van der Waals surface area (Å²) in [6.45, 7) is 0. The molecule has 1 aromatic heterocycles. The number of aliphatic carboxylic acids is 1. The summed E-state index contributed by atoms with van der Waals surface area (Å²) < 4.78 is 0. The Morgan fingerprint density at radius 3 is 2.58 bits per heavy atom. The van der Waals surface area contributed by atoms with E-state index >= 15 is 0 Å². The average Bonchev–Trinajstić information content (AvgIpc) is 2.48. The fourth-order valence-corrected chi connectivity index (χ4v) is 1.40. The van der Waals surface area contributed by atoms with E-state index in [0.717, 1.165) is 17.2 Å². The van der Waals surface area contributed by atoms with Crippen LogP contribution in [0, 0.1) is 0 Å². The molecule has 0 saturated carbocycles. The van der Waals surface area contributed by atoms with Crippen molar-refractivity contribution in [2.45, 2.75) is 0 Å². The molecular weight excluding hydrogens is 176 g/mol. The van der Waals surface area contributed by atoms with E-state index in [9.17, 15) is 9.59 Å². The molecule has 62 valence electrons. The first-order valence-corrected chi connectivity index (χ1v) is 4.00. The van der Waals surface area contributed by atoms with Crippen LogP contribution >= 0.6 is 11.3 Å². The Balaban J connectivity index is 2.76. The van der Waals surface area contributed by atoms with Crippen LogP contribution in [0.15, 0.2) is 18.2 Å². The highest BCUT2D eigenvalue weighted by Crippen LogP contribution is 2.15. The predicted octanol–water partition coefficient (Wildman–Crippen LogP) is 1.66. The molecule has 0 aliphatic heterocycles. The summed E-state index contributed by atoms with van der Waals surface area (Å²) in [7, 11) is 0. The molecule has 0 spiro atoms. The van der Waals surface area contributed by atoms with Crippen LogP contribution in [-0.2, 0) is 4.79 Å². The van der Waals surface area contributed by atoms with Gasteiger partial charge in [-0.3, -0.25) is 4.79 Å². The quantitative estimate of drug-likeness (QED) is 0.571. The fraction of sp³-hybridized carbons (Fsp3) is 0. The van der Waals surface area contributed by atoms with Crippen molar-refractivity contribution < 1.29 is 14.7 Å². The third-order valence-corrected chi connectivity index (χ3v) is 2.13. The highest BCUT2D eigenvalue weighted by Gasteiger charge is 1.95. The van der Waals surface area contributed by atoms with Gasteiger partial charge in [-0.2, -0.15) is 0 Å². The monoisotopic (exact) mass is 182 g/mol. The van der Waals surface area contributed by atoms with Gasteiger partial charge in [0.1, 0.15) is 0 Å². The molecule has 1 rings (SSSR count). The van der Waals surface area contributed by atoms with Crippen LogP contribution in [0.1, 0.15) is 14.5 Å². The van der Waals surface area contributed by atoms with Crippen molar-refractivity contribution in [3.05, 3.63) is 28.0 Å². The van der Waals surface area contributed by atoms with Gasteiger partial charge in [0, 0.05) is 11.0 Å². The van der Waals surface area contributed by atoms with Gasteiger partial charge in [0.15, 0.2) is 6.29 Å². The van der Waals surface area contributed by atoms with Crippen molar-refractivity contribution in [1.29, 1.82) is 0 Å². The fourth-order valence-electron chi connectivity index (χ4n) is 0.675. The van der Waals surface area contributed by atoms with Gasteiger partial charge in [-0.1, -0.05) is 0 Å². The molecule has 4 heteroatoms. The van der Waals surface area contributed by atoms with Crippen LogP contribution < -0.4 is 0 Å². The Morgan fingerprint density at radius 2 is 2.08 bits per heavy atom. The Labute approximate surface area is 73.0 Å². The van der Waals surface area contributed by atoms with E-state index in [0.29, 0.717) is 4.88 Å². The standard InChI is InChI=1S/C8H6O3S/c9-5-7-2-1-6(12-7)3-4-8(10)11/h1-5H,(H,10,11)/b4-3+. The Kier molecular flexibility index (Phi) is 2.76. The molecule has 0 unspecified atom stereocenters. The van der Waals surface area contributed by atoms with Crippen LogP contribution in [-0.4, -0.2) is 17.4 Å². The normalized spacial score (nSPS) is 10.3. The maximum absolute atomic E-state index is 10.2. The zero-order valence-corrected chi connectivity index (χ0v) is 6.88. The van der Waals surface area contributed by atoms with Crippen LogP contribution in [0.25, 0.3) is 6.08 Å². The van der Waals surface area contributed by atoms with Gasteiger partial charge in [-0.05, 0) is 18.2 Å². The zero-order valence-electron chi connectivity index (χ0n) is 6.06. The number of rotatable bonds is 3. The van der Waals surface area contributed by atoms with Crippen LogP contribution in [0.5, 0.6) is 0 Å². The second-order valence-electron chi connectivity index (χ2n) is 2.03. The summed E-state index contributed by atoms with van der Waals surface area (Å²) in [5, 5.41) is 8.29. The summed E-state index contributed by atoms with van der Waals surface area (Å²) in [5.74, 6) is -0.990. The highest BCUT2D eigenvalue weighted by molar-refractivity contribution is 7.14. The number of hydrogen-bond acceptors (Lipinski definition) is 3. The number of thiophene rings is 1. The van der Waals surface area contributed by atoms with E-state index in [1.165, 1.54) is 17.4 Å². The number of carboxylic acid groups (broad SMARTS) is 1. The van der Waals surface area contributed by atoms with E-state index in [4.69, 9.17) is 5.11 Å². The predicted molar refractivity (Wildman–Crippen MR) is 46.4 cm³/mol. The molecule has 1 N–H and O–H groups in total. The number of carbonyl (C=O) groups excluding carboxylic acids is 1. The second-order valence-corrected chi connectivity index (χ2v) is 3.18. The number of aldehydes is 1. The lowest BCUT2D eigenvalue weighted by molar-refractivity contribution is -0.131. The largest absolute Gasteiger partial charge is 0.478 e. The van der Waals surface area contributed by atoms with Gasteiger partial charge in [0.05, 0.1) is 4.88 Å². The van der Waals surface area contributed by atoms with Crippen LogP contribution in [0.3, 0.4) is 0 Å². The zero-order chi connectivity index (χ0) is 8.97. The van der Waals surface area contributed by atoms with Crippen molar-refractivity contribution >= 4 is 29.7 Å². The maximum Gasteiger partial charge on any atom is 0.328 e. The van der Waals surface area contributed by atoms with Crippen LogP contribution in [0.4, 0.5) is 0 Å². The van der Waals surface area contributed by atoms with Crippen molar-refractivity contribution in [1.82, 2.24) is 0 Å². The molecule has 0 fully saturated rings. The van der Waals surface area contributed by atoms with Gasteiger partial charge in [0.2, 0.25) is 0 Å². The minimum Gasteiger partial charge on any atom is -0.478 e. The average molecular weight is 182 g/mol. The van der Waals surface area contributed by atoms with Crippen LogP contribution in [0.2, 0.25) is 0 Å². The summed E-state index contributed by atoms with van der Waals surface area (Å²) in [6, 6.07) is 3.35. The number of carbonyl (C=O) groups is 2. The lowest BCUT2D eigenvalue weighted by Crippen LogP contribution is -1.84. The molecule has 1 heterocycles. The third kappa shape index (κ3) is 2.32. The third-order valence-electron chi connectivity index (χ3n) is 1.15. The molecule has 3 nitrogen and oxygen atoms in total. The molecule has 0 atom stereocenters. The van der Waals surface area contributed by atoms with E-state index in [1.807, 2.05) is 0 Å². The van der Waals surface area contributed by atoms with E-state index in [2.05, 4.69) is 0 Å². The molecule has 0 radical (unpaired) electrons. The molecule has 0 saturated heterocycles. The van der Waals surface area contributed by atoms with Crippen molar-refractivity contribution in [2.75, 3.05) is 0 Å². The molecule has 12 heavy (non-hydrogen) atoms. The lowest BCUT2D eigenvalue weighted by Gasteiger charge is -1.79. The molecule has 0 amide bonds. The van der Waals surface area contributed by atoms with Crippen molar-refractivity contribution in [3.8, 4) is 0 Å². The van der Waals surface area contributed by atoms with Gasteiger partial charge in [-0.15, -0.1) is 11.3 Å². The first-order chi connectivity index (χ1) is 5.72. The summed E-state index contributed by atoms with van der Waals surface area (Å²) in [6.07, 6.45) is 3.24. The number of hydrogen-bond donors (Lipinski definition) is 1. The number of carboxylic acids is 1. The van der Waals surface area contributed by atoms with Gasteiger partial charge >= 0.3 is 5.97 Å². The van der Waals surface area contributed by atoms with Crippen molar-refractivity contribution in [2.24, 2.45) is 0 Å². The van der Waals surface area contributed by atoms with E-state index in [1.54, 1.807) is 12.1 Å². The van der Waals surface area contributed by atoms with Crippen molar-refractivity contribution in [3.63, 3.8) is 0 Å². The SMILES string of the molecule is O=Cc1ccc(/C=C/C(=O)O)s1. The summed E-state index contributed by atoms with van der Waals surface area (Å²) in [5.41, 5.74) is 0. The molecular formula is C8H6O3S. The minimum absolute atomic E-state index is 0.597. The summed E-state index contributed by atoms with van der Waals surface area (Å²) >= 11 is 1.26. The molecule has 0 aliphatic carbocycles. The molecule has 1 aromatic rings. The van der Waals surface area contributed by atoms with Gasteiger partial charge in [0.25, 0.3) is 0 Å². The Bertz CT molecular complexity index is 325. The minimum atomic E-state index is -0.990. The first-order valence-electron chi connectivity index (χ1n) is 3.18. The first kappa shape index (κ1) is 8.67. The molecule has 0 bridgehead atoms.